The van der Waals surface area contributed by atoms with Crippen molar-refractivity contribution in [2.24, 2.45) is 0 Å². The van der Waals surface area contributed by atoms with Gasteiger partial charge in [0.25, 0.3) is 0 Å². The number of aromatic nitrogens is 2. The first-order valence-corrected chi connectivity index (χ1v) is 27.7. The Morgan fingerprint density at radius 3 is 0.877 bits per heavy atom. The van der Waals surface area contributed by atoms with E-state index in [1.165, 1.54) is 88.3 Å². The van der Waals surface area contributed by atoms with E-state index >= 15 is 0 Å². The Morgan fingerprint density at radius 1 is 0.247 bits per heavy atom. The molecule has 12 aromatic carbocycles. The predicted octanol–water partition coefficient (Wildman–Crippen LogP) is 19.3. The molecule has 0 saturated carbocycles. The number of nitrogens with zero attached hydrogens (tertiary/aromatic N) is 4. The summed E-state index contributed by atoms with van der Waals surface area (Å²) in [6.07, 6.45) is 2.59. The van der Waals surface area contributed by atoms with E-state index in [4.69, 9.17) is 0 Å². The second-order valence-corrected chi connectivity index (χ2v) is 21.5. The van der Waals surface area contributed by atoms with Crippen molar-refractivity contribution in [3.05, 3.63) is 300 Å². The van der Waals surface area contributed by atoms with Gasteiger partial charge >= 0.3 is 0 Å². The average molecular weight is 1030 g/mol. The molecule has 1 aliphatic rings. The van der Waals surface area contributed by atoms with Crippen LogP contribution in [-0.4, -0.2) is 9.13 Å². The van der Waals surface area contributed by atoms with Crippen molar-refractivity contribution in [3.8, 4) is 90.3 Å². The first-order valence-electron chi connectivity index (χ1n) is 27.7. The van der Waals surface area contributed by atoms with Crippen molar-refractivity contribution in [3.63, 3.8) is 0 Å². The molecule has 15 rings (SSSR count). The normalized spacial score (nSPS) is 12.0. The third-order valence-corrected chi connectivity index (χ3v) is 16.7. The summed E-state index contributed by atoms with van der Waals surface area (Å²) in [5.41, 5.74) is 27.2. The molecule has 0 aliphatic heterocycles. The molecule has 0 fully saturated rings. The SMILES string of the molecule is N#Cc1ccc(-n2c3cc(-c4cc(-c5ccccc5)cc(-c5ccccc5)c4)ccc3c3cc4c(cc32)CCc2cc3c(cc2C4)c2ccc(-c4cc(-c5ccccc5)cc(-c5ccccc5)c4)cc2n3-c2ccc(C#N)cc2)cc1. The van der Waals surface area contributed by atoms with Gasteiger partial charge < -0.3 is 9.13 Å². The van der Waals surface area contributed by atoms with Gasteiger partial charge in [-0.3, -0.25) is 0 Å². The zero-order valence-corrected chi connectivity index (χ0v) is 44.3. The fourth-order valence-electron chi connectivity index (χ4n) is 12.6. The Labute approximate surface area is 470 Å². The molecule has 0 spiro atoms. The lowest BCUT2D eigenvalue weighted by Gasteiger charge is -2.13. The number of fused-ring (bicyclic) bond motifs is 8. The van der Waals surface area contributed by atoms with Crippen LogP contribution in [0.4, 0.5) is 0 Å². The van der Waals surface area contributed by atoms with Crippen LogP contribution in [0, 0.1) is 22.7 Å². The highest BCUT2D eigenvalue weighted by molar-refractivity contribution is 6.12. The van der Waals surface area contributed by atoms with E-state index in [1.807, 2.05) is 24.3 Å². The molecule has 4 nitrogen and oxygen atoms in total. The topological polar surface area (TPSA) is 57.4 Å². The fraction of sp³-hybridized carbons (Fsp3) is 0.0390. The zero-order valence-electron chi connectivity index (χ0n) is 44.3. The monoisotopic (exact) mass is 1030 g/mol. The minimum Gasteiger partial charge on any atom is -0.309 e. The molecule has 4 heteroatoms. The summed E-state index contributed by atoms with van der Waals surface area (Å²) < 4.78 is 4.81. The van der Waals surface area contributed by atoms with Crippen molar-refractivity contribution >= 4 is 43.6 Å². The van der Waals surface area contributed by atoms with E-state index < -0.39 is 0 Å². The molecule has 81 heavy (non-hydrogen) atoms. The van der Waals surface area contributed by atoms with Gasteiger partial charge in [-0.2, -0.15) is 10.5 Å². The van der Waals surface area contributed by atoms with Crippen molar-refractivity contribution in [1.29, 1.82) is 10.5 Å². The second-order valence-electron chi connectivity index (χ2n) is 21.5. The zero-order chi connectivity index (χ0) is 54.0. The van der Waals surface area contributed by atoms with Crippen molar-refractivity contribution in [2.75, 3.05) is 0 Å². The van der Waals surface area contributed by atoms with Crippen LogP contribution in [0.15, 0.2) is 267 Å². The molecule has 0 unspecified atom stereocenters. The lowest BCUT2D eigenvalue weighted by Crippen LogP contribution is -1.97. The molecular weight excluding hydrogens is 981 g/mol. The molecule has 0 atom stereocenters. The van der Waals surface area contributed by atoms with E-state index in [-0.39, 0.29) is 0 Å². The fourth-order valence-corrected chi connectivity index (χ4v) is 12.6. The minimum absolute atomic E-state index is 0.636. The van der Waals surface area contributed by atoms with E-state index in [2.05, 4.69) is 264 Å². The molecule has 14 aromatic rings. The summed E-state index contributed by atoms with van der Waals surface area (Å²) in [5.74, 6) is 0. The van der Waals surface area contributed by atoms with E-state index in [0.717, 1.165) is 75.0 Å². The largest absolute Gasteiger partial charge is 0.309 e. The van der Waals surface area contributed by atoms with Crippen LogP contribution in [0.1, 0.15) is 33.4 Å². The van der Waals surface area contributed by atoms with Gasteiger partial charge in [0, 0.05) is 32.9 Å². The second kappa shape index (κ2) is 19.6. The quantitative estimate of drug-likeness (QED) is 0.152. The summed E-state index contributed by atoms with van der Waals surface area (Å²) in [7, 11) is 0. The molecule has 1 aliphatic carbocycles. The minimum atomic E-state index is 0.636. The van der Waals surface area contributed by atoms with Crippen molar-refractivity contribution in [1.82, 2.24) is 9.13 Å². The van der Waals surface area contributed by atoms with Crippen LogP contribution >= 0.6 is 0 Å². The van der Waals surface area contributed by atoms with E-state index in [1.54, 1.807) is 0 Å². The molecule has 0 N–H and O–H groups in total. The first-order chi connectivity index (χ1) is 40.0. The van der Waals surface area contributed by atoms with Gasteiger partial charge in [0.2, 0.25) is 0 Å². The average Bonchev–Trinajstić information content (AvgIpc) is 3.89. The lowest BCUT2D eigenvalue weighted by atomic mass is 9.92. The molecular formula is C77H50N4. The van der Waals surface area contributed by atoms with E-state index in [0.29, 0.717) is 11.1 Å². The van der Waals surface area contributed by atoms with Crippen LogP contribution in [0.25, 0.3) is 122 Å². The number of hydrogen-bond donors (Lipinski definition) is 0. The Balaban J connectivity index is 0.879. The molecule has 2 heterocycles. The number of benzene rings is 12. The maximum absolute atomic E-state index is 9.87. The van der Waals surface area contributed by atoms with E-state index in [9.17, 15) is 10.5 Å². The first kappa shape index (κ1) is 47.4. The van der Waals surface area contributed by atoms with Gasteiger partial charge in [-0.05, 0) is 230 Å². The van der Waals surface area contributed by atoms with Gasteiger partial charge in [0.1, 0.15) is 0 Å². The summed E-state index contributed by atoms with van der Waals surface area (Å²) in [5, 5.41) is 24.5. The summed E-state index contributed by atoms with van der Waals surface area (Å²) >= 11 is 0. The molecule has 0 radical (unpaired) electrons. The molecule has 0 bridgehead atoms. The van der Waals surface area contributed by atoms with Gasteiger partial charge in [-0.25, -0.2) is 0 Å². The lowest BCUT2D eigenvalue weighted by molar-refractivity contribution is 0.966. The van der Waals surface area contributed by atoms with Gasteiger partial charge in [0.05, 0.1) is 45.3 Å². The van der Waals surface area contributed by atoms with Crippen LogP contribution in [0.5, 0.6) is 0 Å². The van der Waals surface area contributed by atoms with Crippen LogP contribution in [-0.2, 0) is 19.3 Å². The maximum Gasteiger partial charge on any atom is 0.0991 e. The molecule has 378 valence electrons. The predicted molar refractivity (Wildman–Crippen MR) is 334 cm³/mol. The highest BCUT2D eigenvalue weighted by Crippen LogP contribution is 2.43. The standard InChI is InChI=1S/C77H50N4/c78-48-50-21-29-68(30-22-50)80-74-44-58(64-37-60(52-13-5-1-6-14-52)35-61(38-64)53-15-7-2-8-16-53)27-33-70(74)72-42-66-41-67-43-73-71-34-28-59(65-39-62(54-17-9-3-10-18-54)36-63(40-65)55-19-11-4-12-20-55)45-75(71)81(69-31-23-51(49-79)24-32-69)77(73)47-57(67)26-25-56(66)46-76(72)80/h1-24,27-40,42-47H,25-26,41H2. The summed E-state index contributed by atoms with van der Waals surface area (Å²) in [4.78, 5) is 0. The molecule has 0 saturated heterocycles. The molecule has 0 amide bonds. The number of nitriles is 2. The number of rotatable bonds is 8. The van der Waals surface area contributed by atoms with Crippen molar-refractivity contribution < 1.29 is 0 Å². The summed E-state index contributed by atoms with van der Waals surface area (Å²) in [6.45, 7) is 0. The Bertz CT molecular complexity index is 4440. The van der Waals surface area contributed by atoms with Crippen molar-refractivity contribution in [2.45, 2.75) is 19.3 Å². The molecule has 2 aromatic heterocycles. The summed E-state index contributed by atoms with van der Waals surface area (Å²) in [6, 6.07) is 101. The Hall–Kier alpha value is -10.8. The van der Waals surface area contributed by atoms with Crippen LogP contribution in [0.2, 0.25) is 0 Å². The third kappa shape index (κ3) is 8.47. The van der Waals surface area contributed by atoms with Gasteiger partial charge in [-0.15, -0.1) is 0 Å². The van der Waals surface area contributed by atoms with Gasteiger partial charge in [-0.1, -0.05) is 146 Å². The smallest absolute Gasteiger partial charge is 0.0991 e. The van der Waals surface area contributed by atoms with Crippen LogP contribution < -0.4 is 0 Å². The highest BCUT2D eigenvalue weighted by atomic mass is 15.0. The highest BCUT2D eigenvalue weighted by Gasteiger charge is 2.23. The Kier molecular flexibility index (Phi) is 11.5. The van der Waals surface area contributed by atoms with Crippen LogP contribution in [0.3, 0.4) is 0 Å². The number of aryl methyl sites for hydroxylation is 2. The number of hydrogen-bond acceptors (Lipinski definition) is 2. The maximum atomic E-state index is 9.87. The van der Waals surface area contributed by atoms with Gasteiger partial charge in [0.15, 0.2) is 0 Å². The Morgan fingerprint density at radius 2 is 0.556 bits per heavy atom. The third-order valence-electron chi connectivity index (χ3n) is 16.7.